The number of sulfonamides is 1. The Kier molecular flexibility index (Phi) is 4.83. The van der Waals surface area contributed by atoms with E-state index in [4.69, 9.17) is 5.73 Å². The number of anilines is 1. The first-order valence-electron chi connectivity index (χ1n) is 6.95. The van der Waals surface area contributed by atoms with Crippen molar-refractivity contribution in [3.8, 4) is 11.1 Å². The van der Waals surface area contributed by atoms with Crippen molar-refractivity contribution < 1.29 is 12.8 Å². The molecule has 4 nitrogen and oxygen atoms in total. The lowest BCUT2D eigenvalue weighted by atomic mass is 10.1. The molecule has 22 heavy (non-hydrogen) atoms. The fourth-order valence-electron chi connectivity index (χ4n) is 1.89. The van der Waals surface area contributed by atoms with Gasteiger partial charge in [-0.2, -0.15) is 0 Å². The Morgan fingerprint density at radius 1 is 1.09 bits per heavy atom. The zero-order chi connectivity index (χ0) is 16.3. The van der Waals surface area contributed by atoms with E-state index < -0.39 is 15.8 Å². The van der Waals surface area contributed by atoms with Crippen molar-refractivity contribution in [2.24, 2.45) is 5.92 Å². The van der Waals surface area contributed by atoms with Crippen molar-refractivity contribution >= 4 is 15.7 Å². The minimum Gasteiger partial charge on any atom is -0.396 e. The Labute approximate surface area is 130 Å². The highest BCUT2D eigenvalue weighted by Crippen LogP contribution is 2.24. The number of hydrogen-bond acceptors (Lipinski definition) is 3. The molecular weight excluding hydrogens is 303 g/mol. The van der Waals surface area contributed by atoms with Gasteiger partial charge in [0.2, 0.25) is 10.0 Å². The van der Waals surface area contributed by atoms with Gasteiger partial charge in [0, 0.05) is 6.54 Å². The van der Waals surface area contributed by atoms with Gasteiger partial charge in [-0.15, -0.1) is 0 Å². The third-order valence-corrected chi connectivity index (χ3v) is 4.62. The summed E-state index contributed by atoms with van der Waals surface area (Å²) in [5, 5.41) is 0. The number of nitrogen functional groups attached to an aromatic ring is 1. The first-order valence-corrected chi connectivity index (χ1v) is 8.43. The quantitative estimate of drug-likeness (QED) is 0.831. The van der Waals surface area contributed by atoms with Crippen molar-refractivity contribution in [1.82, 2.24) is 4.72 Å². The first kappa shape index (κ1) is 16.5. The van der Waals surface area contributed by atoms with E-state index in [0.29, 0.717) is 12.1 Å². The van der Waals surface area contributed by atoms with Gasteiger partial charge in [0.05, 0.1) is 10.6 Å². The van der Waals surface area contributed by atoms with E-state index in [9.17, 15) is 12.8 Å². The second-order valence-electron chi connectivity index (χ2n) is 5.51. The molecule has 0 bridgehead atoms. The summed E-state index contributed by atoms with van der Waals surface area (Å²) in [6, 6.07) is 10.8. The maximum atomic E-state index is 13.5. The minimum absolute atomic E-state index is 0.0841. The summed E-state index contributed by atoms with van der Waals surface area (Å²) in [5.41, 5.74) is 6.90. The van der Waals surface area contributed by atoms with E-state index in [1.807, 2.05) is 13.8 Å². The summed E-state index contributed by atoms with van der Waals surface area (Å²) < 4.78 is 40.2. The average molecular weight is 322 g/mol. The number of nitrogens with one attached hydrogen (secondary N) is 1. The lowest BCUT2D eigenvalue weighted by molar-refractivity contribution is 0.560. The molecular formula is C16H19FN2O2S. The van der Waals surface area contributed by atoms with Crippen LogP contribution in [0.15, 0.2) is 47.4 Å². The summed E-state index contributed by atoms with van der Waals surface area (Å²) in [7, 11) is -3.51. The van der Waals surface area contributed by atoms with Crippen LogP contribution in [-0.4, -0.2) is 15.0 Å². The Morgan fingerprint density at radius 2 is 1.68 bits per heavy atom. The highest BCUT2D eigenvalue weighted by molar-refractivity contribution is 7.89. The molecule has 0 spiro atoms. The van der Waals surface area contributed by atoms with Crippen LogP contribution >= 0.6 is 0 Å². The van der Waals surface area contributed by atoms with Crippen LogP contribution in [0.4, 0.5) is 10.1 Å². The van der Waals surface area contributed by atoms with Gasteiger partial charge in [0.25, 0.3) is 0 Å². The van der Waals surface area contributed by atoms with Gasteiger partial charge in [-0.05, 0) is 41.3 Å². The van der Waals surface area contributed by atoms with Crippen LogP contribution in [0.25, 0.3) is 11.1 Å². The van der Waals surface area contributed by atoms with Crippen LogP contribution in [0.2, 0.25) is 0 Å². The minimum atomic E-state index is -3.51. The Balaban J connectivity index is 2.24. The third-order valence-electron chi connectivity index (χ3n) is 3.18. The smallest absolute Gasteiger partial charge is 0.240 e. The van der Waals surface area contributed by atoms with E-state index in [1.165, 1.54) is 24.3 Å². The maximum Gasteiger partial charge on any atom is 0.240 e. The highest BCUT2D eigenvalue weighted by atomic mass is 32.2. The fraction of sp³-hybridized carbons (Fsp3) is 0.250. The third kappa shape index (κ3) is 3.84. The SMILES string of the molecule is CC(C)CNS(=O)(=O)c1ccc(-c2ccc(N)c(F)c2)cc1. The molecule has 0 aliphatic rings. The second kappa shape index (κ2) is 6.46. The summed E-state index contributed by atoms with van der Waals surface area (Å²) >= 11 is 0. The molecule has 0 aliphatic heterocycles. The number of rotatable bonds is 5. The monoisotopic (exact) mass is 322 g/mol. The normalized spacial score (nSPS) is 11.8. The Morgan fingerprint density at radius 3 is 2.23 bits per heavy atom. The molecule has 3 N–H and O–H groups in total. The summed E-state index contributed by atoms with van der Waals surface area (Å²) in [5.74, 6) is -0.264. The first-order chi connectivity index (χ1) is 10.3. The molecule has 0 heterocycles. The van der Waals surface area contributed by atoms with Gasteiger partial charge in [-0.3, -0.25) is 0 Å². The van der Waals surface area contributed by atoms with Crippen molar-refractivity contribution in [2.45, 2.75) is 18.7 Å². The molecule has 0 unspecified atom stereocenters. The highest BCUT2D eigenvalue weighted by Gasteiger charge is 2.14. The van der Waals surface area contributed by atoms with Crippen LogP contribution in [0.5, 0.6) is 0 Å². The van der Waals surface area contributed by atoms with Gasteiger partial charge < -0.3 is 5.73 Å². The van der Waals surface area contributed by atoms with E-state index in [0.717, 1.165) is 5.56 Å². The van der Waals surface area contributed by atoms with E-state index in [-0.39, 0.29) is 16.5 Å². The molecule has 2 aromatic rings. The molecule has 2 aromatic carbocycles. The molecule has 0 aliphatic carbocycles. The van der Waals surface area contributed by atoms with E-state index in [2.05, 4.69) is 4.72 Å². The molecule has 6 heteroatoms. The topological polar surface area (TPSA) is 72.2 Å². The van der Waals surface area contributed by atoms with Crippen LogP contribution in [0.3, 0.4) is 0 Å². The van der Waals surface area contributed by atoms with Crippen molar-refractivity contribution in [3.63, 3.8) is 0 Å². The van der Waals surface area contributed by atoms with Gasteiger partial charge in [0.1, 0.15) is 5.82 Å². The Bertz CT molecular complexity index is 756. The molecule has 0 radical (unpaired) electrons. The van der Waals surface area contributed by atoms with Gasteiger partial charge in [0.15, 0.2) is 0 Å². The largest absolute Gasteiger partial charge is 0.396 e. The lowest BCUT2D eigenvalue weighted by Gasteiger charge is -2.10. The second-order valence-corrected chi connectivity index (χ2v) is 7.27. The zero-order valence-electron chi connectivity index (χ0n) is 12.5. The molecule has 0 amide bonds. The van der Waals surface area contributed by atoms with Gasteiger partial charge in [-0.25, -0.2) is 17.5 Å². The van der Waals surface area contributed by atoms with Crippen molar-refractivity contribution in [3.05, 3.63) is 48.3 Å². The fourth-order valence-corrected chi connectivity index (χ4v) is 3.11. The molecule has 0 aromatic heterocycles. The van der Waals surface area contributed by atoms with Crippen LogP contribution < -0.4 is 10.5 Å². The number of halogens is 1. The standard InChI is InChI=1S/C16H19FN2O2S/c1-11(2)10-19-22(20,21)14-6-3-12(4-7-14)13-5-8-16(18)15(17)9-13/h3-9,11,19H,10,18H2,1-2H3. The number of benzene rings is 2. The van der Waals surface area contributed by atoms with E-state index >= 15 is 0 Å². The van der Waals surface area contributed by atoms with Crippen LogP contribution in [0, 0.1) is 11.7 Å². The number of hydrogen-bond donors (Lipinski definition) is 2. The summed E-state index contributed by atoms with van der Waals surface area (Å²) in [6.45, 7) is 4.25. The van der Waals surface area contributed by atoms with Gasteiger partial charge in [-0.1, -0.05) is 32.0 Å². The molecule has 0 saturated heterocycles. The summed E-state index contributed by atoms with van der Waals surface area (Å²) in [6.07, 6.45) is 0. The lowest BCUT2D eigenvalue weighted by Crippen LogP contribution is -2.27. The predicted octanol–water partition coefficient (Wildman–Crippen LogP) is 3.01. The maximum absolute atomic E-state index is 13.5. The Hall–Kier alpha value is -1.92. The van der Waals surface area contributed by atoms with E-state index in [1.54, 1.807) is 18.2 Å². The zero-order valence-corrected chi connectivity index (χ0v) is 13.3. The number of nitrogens with two attached hydrogens (primary N) is 1. The molecule has 118 valence electrons. The average Bonchev–Trinajstić information content (AvgIpc) is 2.48. The van der Waals surface area contributed by atoms with Gasteiger partial charge >= 0.3 is 0 Å². The summed E-state index contributed by atoms with van der Waals surface area (Å²) in [4.78, 5) is 0.188. The van der Waals surface area contributed by atoms with Crippen LogP contribution in [0.1, 0.15) is 13.8 Å². The van der Waals surface area contributed by atoms with Crippen LogP contribution in [-0.2, 0) is 10.0 Å². The predicted molar refractivity (Wildman–Crippen MR) is 86.3 cm³/mol. The van der Waals surface area contributed by atoms with Crippen molar-refractivity contribution in [2.75, 3.05) is 12.3 Å². The molecule has 0 saturated carbocycles. The molecule has 0 fully saturated rings. The molecule has 2 rings (SSSR count). The molecule has 0 atom stereocenters. The van der Waals surface area contributed by atoms with Crippen molar-refractivity contribution in [1.29, 1.82) is 0 Å².